The molecule has 17 heavy (non-hydrogen) atoms. The van der Waals surface area contributed by atoms with Crippen molar-refractivity contribution in [1.29, 1.82) is 0 Å². The van der Waals surface area contributed by atoms with Gasteiger partial charge < -0.3 is 15.7 Å². The van der Waals surface area contributed by atoms with Crippen molar-refractivity contribution in [1.82, 2.24) is 4.90 Å². The molecule has 0 aliphatic carbocycles. The molecule has 2 atom stereocenters. The van der Waals surface area contributed by atoms with Gasteiger partial charge in [-0.1, -0.05) is 12.1 Å². The van der Waals surface area contributed by atoms with Gasteiger partial charge in [0.25, 0.3) is 0 Å². The Morgan fingerprint density at radius 3 is 2.88 bits per heavy atom. The molecule has 1 rings (SSSR count). The van der Waals surface area contributed by atoms with Crippen molar-refractivity contribution in [3.05, 3.63) is 0 Å². The molecule has 0 aromatic carbocycles. The molecular weight excluding hydrogens is 218 g/mol. The molecule has 100 valence electrons. The minimum absolute atomic E-state index is 0.0587. The minimum atomic E-state index is -0.0587. The molecule has 0 saturated carbocycles. The summed E-state index contributed by atoms with van der Waals surface area (Å²) < 4.78 is 5.58. The fourth-order valence-corrected chi connectivity index (χ4v) is 2.54. The van der Waals surface area contributed by atoms with Gasteiger partial charge in [-0.05, 0) is 32.7 Å². The number of hydrogen-bond donors (Lipinski definition) is 2. The van der Waals surface area contributed by atoms with Gasteiger partial charge in [-0.3, -0.25) is 4.90 Å². The highest BCUT2D eigenvalue weighted by Gasteiger charge is 2.33. The van der Waals surface area contributed by atoms with Crippen molar-refractivity contribution in [2.75, 3.05) is 20.2 Å². The SMILES string of the molecule is CCC(CC(N)=NO)N1CCCC(C)(OC)C1. The van der Waals surface area contributed by atoms with E-state index in [4.69, 9.17) is 15.7 Å². The topological polar surface area (TPSA) is 71.1 Å². The van der Waals surface area contributed by atoms with Gasteiger partial charge in [0.1, 0.15) is 5.84 Å². The molecule has 0 aromatic heterocycles. The number of piperidine rings is 1. The molecular formula is C12H25N3O2. The number of methoxy groups -OCH3 is 1. The molecule has 0 radical (unpaired) electrons. The summed E-state index contributed by atoms with van der Waals surface area (Å²) in [4.78, 5) is 2.39. The first kappa shape index (κ1) is 14.3. The standard InChI is InChI=1S/C12H25N3O2/c1-4-10(8-11(13)14-16)15-7-5-6-12(2,9-15)17-3/h10,16H,4-9H2,1-3H3,(H2,13,14). The van der Waals surface area contributed by atoms with Gasteiger partial charge in [-0.15, -0.1) is 0 Å². The number of oxime groups is 1. The van der Waals surface area contributed by atoms with Crippen LogP contribution in [-0.2, 0) is 4.74 Å². The molecule has 1 fully saturated rings. The third-order valence-corrected chi connectivity index (χ3v) is 3.74. The van der Waals surface area contributed by atoms with E-state index in [2.05, 4.69) is 23.9 Å². The molecule has 0 aromatic rings. The first-order valence-corrected chi connectivity index (χ1v) is 6.30. The van der Waals surface area contributed by atoms with Crippen LogP contribution in [0.3, 0.4) is 0 Å². The van der Waals surface area contributed by atoms with Crippen LogP contribution in [0.2, 0.25) is 0 Å². The first-order chi connectivity index (χ1) is 8.04. The minimum Gasteiger partial charge on any atom is -0.409 e. The van der Waals surface area contributed by atoms with Gasteiger partial charge in [-0.25, -0.2) is 0 Å². The number of likely N-dealkylation sites (tertiary alicyclic amines) is 1. The van der Waals surface area contributed by atoms with Crippen LogP contribution >= 0.6 is 0 Å². The van der Waals surface area contributed by atoms with Crippen LogP contribution in [0.15, 0.2) is 5.16 Å². The van der Waals surface area contributed by atoms with Crippen molar-refractivity contribution in [2.45, 2.75) is 51.2 Å². The Hall–Kier alpha value is -0.810. The molecule has 5 nitrogen and oxygen atoms in total. The van der Waals surface area contributed by atoms with Crippen molar-refractivity contribution < 1.29 is 9.94 Å². The number of hydrogen-bond acceptors (Lipinski definition) is 4. The van der Waals surface area contributed by atoms with Crippen LogP contribution in [0, 0.1) is 0 Å². The Morgan fingerprint density at radius 1 is 1.65 bits per heavy atom. The highest BCUT2D eigenvalue weighted by atomic mass is 16.5. The average molecular weight is 243 g/mol. The second-order valence-corrected chi connectivity index (χ2v) is 5.09. The van der Waals surface area contributed by atoms with Crippen LogP contribution in [-0.4, -0.2) is 47.8 Å². The Kier molecular flexibility index (Phi) is 5.21. The quantitative estimate of drug-likeness (QED) is 0.331. The molecule has 0 spiro atoms. The Labute approximate surface area is 104 Å². The molecule has 1 aliphatic rings. The maximum absolute atomic E-state index is 8.65. The predicted octanol–water partition coefficient (Wildman–Crippen LogP) is 1.40. The number of rotatable bonds is 5. The molecule has 0 amide bonds. The lowest BCUT2D eigenvalue weighted by Gasteiger charge is -2.43. The zero-order valence-electron chi connectivity index (χ0n) is 11.1. The van der Waals surface area contributed by atoms with Gasteiger partial charge in [0, 0.05) is 26.1 Å². The summed E-state index contributed by atoms with van der Waals surface area (Å²) in [5.74, 6) is 0.307. The second-order valence-electron chi connectivity index (χ2n) is 5.09. The van der Waals surface area contributed by atoms with Crippen molar-refractivity contribution in [3.8, 4) is 0 Å². The summed E-state index contributed by atoms with van der Waals surface area (Å²) in [6.07, 6.45) is 3.85. The van der Waals surface area contributed by atoms with Crippen LogP contribution in [0.5, 0.6) is 0 Å². The van der Waals surface area contributed by atoms with E-state index in [9.17, 15) is 0 Å². The summed E-state index contributed by atoms with van der Waals surface area (Å²) in [7, 11) is 1.77. The van der Waals surface area contributed by atoms with Crippen LogP contribution in [0.1, 0.15) is 39.5 Å². The fourth-order valence-electron chi connectivity index (χ4n) is 2.54. The zero-order valence-corrected chi connectivity index (χ0v) is 11.1. The van der Waals surface area contributed by atoms with Gasteiger partial charge in [0.05, 0.1) is 5.60 Å². The number of nitrogens with zero attached hydrogens (tertiary/aromatic N) is 2. The maximum atomic E-state index is 8.65. The fraction of sp³-hybridized carbons (Fsp3) is 0.917. The lowest BCUT2D eigenvalue weighted by Crippen LogP contribution is -2.51. The van der Waals surface area contributed by atoms with Gasteiger partial charge in [0.2, 0.25) is 0 Å². The van der Waals surface area contributed by atoms with E-state index in [0.29, 0.717) is 18.3 Å². The monoisotopic (exact) mass is 243 g/mol. The number of amidine groups is 1. The second kappa shape index (κ2) is 6.21. The normalized spacial score (nSPS) is 29.2. The van der Waals surface area contributed by atoms with E-state index < -0.39 is 0 Å². The van der Waals surface area contributed by atoms with Gasteiger partial charge in [0.15, 0.2) is 0 Å². The molecule has 0 bridgehead atoms. The highest BCUT2D eigenvalue weighted by molar-refractivity contribution is 5.80. The van der Waals surface area contributed by atoms with E-state index in [1.165, 1.54) is 0 Å². The predicted molar refractivity (Wildman–Crippen MR) is 68.3 cm³/mol. The van der Waals surface area contributed by atoms with E-state index in [1.807, 2.05) is 0 Å². The zero-order chi connectivity index (χ0) is 12.9. The van der Waals surface area contributed by atoms with Crippen molar-refractivity contribution in [3.63, 3.8) is 0 Å². The molecule has 5 heteroatoms. The summed E-state index contributed by atoms with van der Waals surface area (Å²) in [6, 6.07) is 0.334. The largest absolute Gasteiger partial charge is 0.409 e. The molecule has 1 heterocycles. The maximum Gasteiger partial charge on any atom is 0.140 e. The summed E-state index contributed by atoms with van der Waals surface area (Å²) in [5, 5.41) is 11.7. The lowest BCUT2D eigenvalue weighted by molar-refractivity contribution is -0.0609. The number of nitrogens with two attached hydrogens (primary N) is 1. The average Bonchev–Trinajstić information content (AvgIpc) is 2.35. The van der Waals surface area contributed by atoms with E-state index in [0.717, 1.165) is 32.4 Å². The summed E-state index contributed by atoms with van der Waals surface area (Å²) in [6.45, 7) is 6.26. The van der Waals surface area contributed by atoms with Crippen LogP contribution < -0.4 is 5.73 Å². The molecule has 1 aliphatic heterocycles. The van der Waals surface area contributed by atoms with E-state index in [1.54, 1.807) is 7.11 Å². The smallest absolute Gasteiger partial charge is 0.140 e. The Morgan fingerprint density at radius 2 is 2.35 bits per heavy atom. The Balaban J connectivity index is 2.62. The van der Waals surface area contributed by atoms with Crippen molar-refractivity contribution in [2.24, 2.45) is 10.9 Å². The van der Waals surface area contributed by atoms with Crippen molar-refractivity contribution >= 4 is 5.84 Å². The Bertz CT molecular complexity index is 270. The summed E-state index contributed by atoms with van der Waals surface area (Å²) >= 11 is 0. The highest BCUT2D eigenvalue weighted by Crippen LogP contribution is 2.26. The van der Waals surface area contributed by atoms with Crippen LogP contribution in [0.4, 0.5) is 0 Å². The lowest BCUT2D eigenvalue weighted by atomic mass is 9.92. The number of ether oxygens (including phenoxy) is 1. The van der Waals surface area contributed by atoms with Gasteiger partial charge >= 0.3 is 0 Å². The third kappa shape index (κ3) is 3.85. The van der Waals surface area contributed by atoms with Gasteiger partial charge in [-0.2, -0.15) is 0 Å². The van der Waals surface area contributed by atoms with E-state index >= 15 is 0 Å². The first-order valence-electron chi connectivity index (χ1n) is 6.30. The van der Waals surface area contributed by atoms with E-state index in [-0.39, 0.29) is 5.60 Å². The molecule has 2 unspecified atom stereocenters. The summed E-state index contributed by atoms with van der Waals surface area (Å²) in [5.41, 5.74) is 5.54. The molecule has 3 N–H and O–H groups in total. The van der Waals surface area contributed by atoms with Crippen LogP contribution in [0.25, 0.3) is 0 Å². The third-order valence-electron chi connectivity index (χ3n) is 3.74. The molecule has 1 saturated heterocycles.